The van der Waals surface area contributed by atoms with E-state index in [4.69, 9.17) is 5.11 Å². The van der Waals surface area contributed by atoms with Gasteiger partial charge in [-0.2, -0.15) is 0 Å². The van der Waals surface area contributed by atoms with Crippen LogP contribution in [0.5, 0.6) is 0 Å². The van der Waals surface area contributed by atoms with Crippen LogP contribution in [0.25, 0.3) is 0 Å². The summed E-state index contributed by atoms with van der Waals surface area (Å²) in [6, 6.07) is 3.14. The Balaban J connectivity index is 2.01. The molecule has 0 atom stereocenters. The van der Waals surface area contributed by atoms with Crippen LogP contribution >= 0.6 is 0 Å². The van der Waals surface area contributed by atoms with Crippen LogP contribution in [-0.4, -0.2) is 17.0 Å². The third-order valence-corrected chi connectivity index (χ3v) is 3.25. The fourth-order valence-corrected chi connectivity index (χ4v) is 2.24. The Bertz CT molecular complexity index is 514. The third-order valence-electron chi connectivity index (χ3n) is 3.25. The van der Waals surface area contributed by atoms with E-state index < -0.39 is 5.97 Å². The van der Waals surface area contributed by atoms with Gasteiger partial charge in [0.15, 0.2) is 0 Å². The molecule has 1 aromatic carbocycles. The maximum Gasteiger partial charge on any atom is 0.303 e. The molecule has 2 N–H and O–H groups in total. The number of carboxylic acid groups (broad SMARTS) is 1. The molecular formula is C14H16FNO3. The van der Waals surface area contributed by atoms with Crippen molar-refractivity contribution in [1.29, 1.82) is 0 Å². The van der Waals surface area contributed by atoms with Gasteiger partial charge < -0.3 is 10.4 Å². The van der Waals surface area contributed by atoms with E-state index in [1.807, 2.05) is 0 Å². The van der Waals surface area contributed by atoms with E-state index in [0.29, 0.717) is 43.4 Å². The predicted octanol–water partition coefficient (Wildman–Crippen LogP) is 2.51. The van der Waals surface area contributed by atoms with Crippen molar-refractivity contribution in [3.05, 3.63) is 29.1 Å². The first kappa shape index (κ1) is 13.5. The van der Waals surface area contributed by atoms with Gasteiger partial charge in [0.2, 0.25) is 5.91 Å². The van der Waals surface area contributed by atoms with Crippen LogP contribution in [0.15, 0.2) is 12.1 Å². The number of hydrogen-bond donors (Lipinski definition) is 2. The number of carbonyl (C=O) groups excluding carboxylic acids is 1. The lowest BCUT2D eigenvalue weighted by Crippen LogP contribution is -2.19. The van der Waals surface area contributed by atoms with Crippen molar-refractivity contribution in [3.8, 4) is 0 Å². The lowest BCUT2D eigenvalue weighted by Gasteiger charge is -2.18. The van der Waals surface area contributed by atoms with E-state index in [0.717, 1.165) is 5.56 Å². The first-order chi connectivity index (χ1) is 9.06. The fourth-order valence-electron chi connectivity index (χ4n) is 2.24. The second kappa shape index (κ2) is 5.82. The van der Waals surface area contributed by atoms with E-state index in [1.165, 1.54) is 6.07 Å². The van der Waals surface area contributed by atoms with Gasteiger partial charge in [-0.25, -0.2) is 4.39 Å². The molecule has 0 unspecified atom stereocenters. The minimum atomic E-state index is -0.825. The van der Waals surface area contributed by atoms with Gasteiger partial charge in [-0.1, -0.05) is 6.07 Å². The second-order valence-corrected chi connectivity index (χ2v) is 4.75. The Labute approximate surface area is 110 Å². The van der Waals surface area contributed by atoms with Crippen LogP contribution in [0.2, 0.25) is 0 Å². The summed E-state index contributed by atoms with van der Waals surface area (Å²) in [5.74, 6) is -1.24. The fraction of sp³-hybridized carbons (Fsp3) is 0.429. The zero-order valence-corrected chi connectivity index (χ0v) is 10.5. The van der Waals surface area contributed by atoms with E-state index in [-0.39, 0.29) is 18.1 Å². The van der Waals surface area contributed by atoms with Crippen molar-refractivity contribution in [3.63, 3.8) is 0 Å². The third kappa shape index (κ3) is 3.53. The predicted molar refractivity (Wildman–Crippen MR) is 68.5 cm³/mol. The zero-order valence-electron chi connectivity index (χ0n) is 10.5. The van der Waals surface area contributed by atoms with Crippen LogP contribution in [-0.2, 0) is 22.4 Å². The molecule has 0 radical (unpaired) electrons. The highest BCUT2D eigenvalue weighted by Crippen LogP contribution is 2.26. The number of hydrogen-bond acceptors (Lipinski definition) is 2. The number of aryl methyl sites for hydroxylation is 2. The first-order valence-corrected chi connectivity index (χ1v) is 6.39. The van der Waals surface area contributed by atoms with Crippen molar-refractivity contribution in [2.75, 3.05) is 5.32 Å². The number of carbonyl (C=O) groups is 2. The molecule has 5 heteroatoms. The van der Waals surface area contributed by atoms with Crippen molar-refractivity contribution >= 4 is 17.6 Å². The van der Waals surface area contributed by atoms with Gasteiger partial charge in [0.25, 0.3) is 0 Å². The molecule has 0 saturated heterocycles. The Morgan fingerprint density at radius 1 is 1.32 bits per heavy atom. The number of unbranched alkanes of at least 4 members (excludes halogenated alkanes) is 1. The average molecular weight is 265 g/mol. The molecule has 102 valence electrons. The van der Waals surface area contributed by atoms with Gasteiger partial charge in [-0.3, -0.25) is 9.59 Å². The number of nitrogens with one attached hydrogen (secondary N) is 1. The molecule has 0 spiro atoms. The van der Waals surface area contributed by atoms with Gasteiger partial charge in [-0.05, 0) is 42.9 Å². The molecular weight excluding hydrogens is 249 g/mol. The number of aliphatic carboxylic acids is 1. The topological polar surface area (TPSA) is 66.4 Å². The summed E-state index contributed by atoms with van der Waals surface area (Å²) in [5.41, 5.74) is 2.11. The van der Waals surface area contributed by atoms with Crippen molar-refractivity contribution in [2.24, 2.45) is 0 Å². The lowest BCUT2D eigenvalue weighted by molar-refractivity contribution is -0.137. The minimum absolute atomic E-state index is 0.0823. The summed E-state index contributed by atoms with van der Waals surface area (Å²) in [4.78, 5) is 21.6. The van der Waals surface area contributed by atoms with Gasteiger partial charge in [0, 0.05) is 18.5 Å². The van der Waals surface area contributed by atoms with Crippen molar-refractivity contribution in [2.45, 2.75) is 38.5 Å². The summed E-state index contributed by atoms with van der Waals surface area (Å²) in [6.45, 7) is 0. The van der Waals surface area contributed by atoms with Crippen LogP contribution in [0, 0.1) is 5.82 Å². The quantitative estimate of drug-likeness (QED) is 0.804. The number of benzene rings is 1. The highest BCUT2D eigenvalue weighted by molar-refractivity contribution is 5.93. The molecule has 0 fully saturated rings. The lowest BCUT2D eigenvalue weighted by atomic mass is 9.97. The smallest absolute Gasteiger partial charge is 0.303 e. The number of halogens is 1. The van der Waals surface area contributed by atoms with Crippen LogP contribution in [0.1, 0.15) is 36.8 Å². The highest BCUT2D eigenvalue weighted by atomic mass is 19.1. The zero-order chi connectivity index (χ0) is 13.8. The molecule has 1 heterocycles. The molecule has 0 bridgehead atoms. The Morgan fingerprint density at radius 3 is 2.84 bits per heavy atom. The molecule has 0 aliphatic carbocycles. The number of anilines is 1. The number of carboxylic acids is 1. The van der Waals surface area contributed by atoms with E-state index in [2.05, 4.69) is 5.32 Å². The van der Waals surface area contributed by atoms with E-state index in [9.17, 15) is 14.0 Å². The largest absolute Gasteiger partial charge is 0.481 e. The Hall–Kier alpha value is -1.91. The van der Waals surface area contributed by atoms with Crippen molar-refractivity contribution < 1.29 is 19.1 Å². The molecule has 2 rings (SSSR count). The monoisotopic (exact) mass is 265 g/mol. The Morgan fingerprint density at radius 2 is 2.11 bits per heavy atom. The molecule has 1 aromatic rings. The molecule has 0 aromatic heterocycles. The van der Waals surface area contributed by atoms with E-state index in [1.54, 1.807) is 6.07 Å². The number of amides is 1. The van der Waals surface area contributed by atoms with Gasteiger partial charge >= 0.3 is 5.97 Å². The highest BCUT2D eigenvalue weighted by Gasteiger charge is 2.17. The van der Waals surface area contributed by atoms with E-state index >= 15 is 0 Å². The SMILES string of the molecule is O=C(O)CCCCc1cc2c(cc1F)NC(=O)CC2. The maximum absolute atomic E-state index is 13.8. The van der Waals surface area contributed by atoms with Crippen LogP contribution in [0.4, 0.5) is 10.1 Å². The average Bonchev–Trinajstić information content (AvgIpc) is 2.34. The first-order valence-electron chi connectivity index (χ1n) is 6.39. The number of rotatable bonds is 5. The standard InChI is InChI=1S/C14H16FNO3/c15-11-8-12-10(5-6-13(17)16-12)7-9(11)3-1-2-4-14(18)19/h7-8H,1-6H2,(H,16,17)(H,18,19). The van der Waals surface area contributed by atoms with Crippen LogP contribution in [0.3, 0.4) is 0 Å². The minimum Gasteiger partial charge on any atom is -0.481 e. The Kier molecular flexibility index (Phi) is 4.14. The van der Waals surface area contributed by atoms with Gasteiger partial charge in [-0.15, -0.1) is 0 Å². The summed E-state index contributed by atoms with van der Waals surface area (Å²) < 4.78 is 13.8. The molecule has 1 aliphatic rings. The summed E-state index contributed by atoms with van der Waals surface area (Å²) >= 11 is 0. The molecule has 1 aliphatic heterocycles. The second-order valence-electron chi connectivity index (χ2n) is 4.75. The number of fused-ring (bicyclic) bond motifs is 1. The summed E-state index contributed by atoms with van der Waals surface area (Å²) in [6.07, 6.45) is 2.89. The molecule has 4 nitrogen and oxygen atoms in total. The summed E-state index contributed by atoms with van der Waals surface area (Å²) in [5, 5.41) is 11.2. The maximum atomic E-state index is 13.8. The van der Waals surface area contributed by atoms with Gasteiger partial charge in [0.1, 0.15) is 5.82 Å². The van der Waals surface area contributed by atoms with Gasteiger partial charge in [0.05, 0.1) is 0 Å². The normalized spacial score (nSPS) is 13.8. The molecule has 19 heavy (non-hydrogen) atoms. The molecule has 0 saturated carbocycles. The molecule has 1 amide bonds. The van der Waals surface area contributed by atoms with Crippen LogP contribution < -0.4 is 5.32 Å². The van der Waals surface area contributed by atoms with Crippen molar-refractivity contribution in [1.82, 2.24) is 0 Å². The summed E-state index contributed by atoms with van der Waals surface area (Å²) in [7, 11) is 0.